The van der Waals surface area contributed by atoms with E-state index >= 15 is 0 Å². The van der Waals surface area contributed by atoms with Crippen molar-refractivity contribution in [1.82, 2.24) is 0 Å². The number of hydrogen-bond acceptors (Lipinski definition) is 3. The number of nitrogens with zero attached hydrogens (tertiary/aromatic N) is 2. The van der Waals surface area contributed by atoms with Crippen molar-refractivity contribution in [3.63, 3.8) is 0 Å². The van der Waals surface area contributed by atoms with E-state index in [0.29, 0.717) is 25.4 Å². The van der Waals surface area contributed by atoms with Crippen LogP contribution in [0.3, 0.4) is 0 Å². The second-order valence-corrected chi connectivity index (χ2v) is 6.26. The first-order valence-electron chi connectivity index (χ1n) is 7.54. The van der Waals surface area contributed by atoms with Crippen LogP contribution in [0.2, 0.25) is 0 Å². The van der Waals surface area contributed by atoms with Crippen molar-refractivity contribution in [2.45, 2.75) is 31.7 Å². The molecular weight excluding hydrogens is 268 g/mol. The number of benzene rings is 1. The van der Waals surface area contributed by atoms with Crippen LogP contribution in [0.15, 0.2) is 24.3 Å². The lowest BCUT2D eigenvalue weighted by molar-refractivity contribution is -0.148. The van der Waals surface area contributed by atoms with E-state index in [4.69, 9.17) is 0 Å². The summed E-state index contributed by atoms with van der Waals surface area (Å²) in [5.41, 5.74) is 0.781. The maximum absolute atomic E-state index is 12.7. The standard InChI is InChI=1S/C16H18N2O3/c19-14(16(7-8-16)15(20)21)18-10-9-17(11-5-6-11)12-3-1-2-4-13(12)18/h1-4,11H,5-10H2,(H,20,21). The predicted octanol–water partition coefficient (Wildman–Crippen LogP) is 1.87. The zero-order valence-corrected chi connectivity index (χ0v) is 11.8. The van der Waals surface area contributed by atoms with Gasteiger partial charge in [0.05, 0.1) is 11.4 Å². The third-order valence-corrected chi connectivity index (χ3v) is 4.85. The van der Waals surface area contributed by atoms with E-state index in [1.54, 1.807) is 4.90 Å². The van der Waals surface area contributed by atoms with E-state index in [9.17, 15) is 14.7 Å². The Morgan fingerprint density at radius 3 is 2.33 bits per heavy atom. The molecule has 1 N–H and O–H groups in total. The first kappa shape index (κ1) is 12.7. The zero-order chi connectivity index (χ0) is 14.6. The zero-order valence-electron chi connectivity index (χ0n) is 11.8. The number of rotatable bonds is 3. The second-order valence-electron chi connectivity index (χ2n) is 6.26. The van der Waals surface area contributed by atoms with Gasteiger partial charge in [0.2, 0.25) is 5.91 Å². The molecule has 1 aliphatic heterocycles. The smallest absolute Gasteiger partial charge is 0.319 e. The molecule has 1 aromatic carbocycles. The van der Waals surface area contributed by atoms with Gasteiger partial charge in [0.25, 0.3) is 0 Å². The van der Waals surface area contributed by atoms with Crippen LogP contribution < -0.4 is 9.80 Å². The normalized spacial score (nSPS) is 22.7. The minimum atomic E-state index is -1.16. The van der Waals surface area contributed by atoms with Crippen LogP contribution in [0.25, 0.3) is 0 Å². The number of hydrogen-bond donors (Lipinski definition) is 1. The Balaban J connectivity index is 1.69. The fraction of sp³-hybridized carbons (Fsp3) is 0.500. The summed E-state index contributed by atoms with van der Waals surface area (Å²) in [5.74, 6) is -1.22. The summed E-state index contributed by atoms with van der Waals surface area (Å²) in [4.78, 5) is 28.2. The average Bonchev–Trinajstić information content (AvgIpc) is 3.39. The maximum Gasteiger partial charge on any atom is 0.319 e. The molecule has 0 saturated heterocycles. The van der Waals surface area contributed by atoms with Crippen molar-refractivity contribution in [3.05, 3.63) is 24.3 Å². The van der Waals surface area contributed by atoms with Gasteiger partial charge in [-0.1, -0.05) is 12.1 Å². The summed E-state index contributed by atoms with van der Waals surface area (Å²) in [6.07, 6.45) is 3.35. The molecule has 110 valence electrons. The van der Waals surface area contributed by atoms with Crippen molar-refractivity contribution in [1.29, 1.82) is 0 Å². The molecule has 1 aromatic rings. The van der Waals surface area contributed by atoms with Gasteiger partial charge in [0.1, 0.15) is 5.41 Å². The van der Waals surface area contributed by atoms with E-state index in [-0.39, 0.29) is 5.91 Å². The van der Waals surface area contributed by atoms with Crippen LogP contribution in [0.5, 0.6) is 0 Å². The van der Waals surface area contributed by atoms with Gasteiger partial charge in [-0.2, -0.15) is 0 Å². The summed E-state index contributed by atoms with van der Waals surface area (Å²) in [6, 6.07) is 8.45. The molecule has 0 aromatic heterocycles. The highest BCUT2D eigenvalue weighted by molar-refractivity contribution is 6.13. The highest BCUT2D eigenvalue weighted by Gasteiger charge is 2.59. The van der Waals surface area contributed by atoms with Crippen molar-refractivity contribution in [2.24, 2.45) is 5.41 Å². The summed E-state index contributed by atoms with van der Waals surface area (Å²) in [5, 5.41) is 9.35. The van der Waals surface area contributed by atoms with Gasteiger partial charge < -0.3 is 14.9 Å². The van der Waals surface area contributed by atoms with Gasteiger partial charge in [-0.3, -0.25) is 9.59 Å². The molecule has 2 aliphatic carbocycles. The Hall–Kier alpha value is -2.04. The Kier molecular flexibility index (Phi) is 2.55. The molecule has 0 bridgehead atoms. The number of amides is 1. The van der Waals surface area contributed by atoms with Crippen LogP contribution in [-0.4, -0.2) is 36.1 Å². The molecule has 1 amide bonds. The molecule has 4 rings (SSSR count). The number of carbonyl (C=O) groups is 2. The van der Waals surface area contributed by atoms with Gasteiger partial charge in [-0.15, -0.1) is 0 Å². The molecular formula is C16H18N2O3. The fourth-order valence-electron chi connectivity index (χ4n) is 3.26. The number of fused-ring (bicyclic) bond motifs is 1. The molecule has 2 fully saturated rings. The van der Waals surface area contributed by atoms with E-state index < -0.39 is 11.4 Å². The van der Waals surface area contributed by atoms with Crippen LogP contribution in [0, 0.1) is 5.41 Å². The van der Waals surface area contributed by atoms with Gasteiger partial charge >= 0.3 is 5.97 Å². The van der Waals surface area contributed by atoms with Gasteiger partial charge in [0, 0.05) is 19.1 Å². The maximum atomic E-state index is 12.7. The number of para-hydroxylation sites is 2. The molecule has 1 heterocycles. The molecule has 3 aliphatic rings. The van der Waals surface area contributed by atoms with Gasteiger partial charge in [-0.25, -0.2) is 0 Å². The number of carboxylic acid groups (broad SMARTS) is 1. The Morgan fingerprint density at radius 1 is 1.10 bits per heavy atom. The Labute approximate surface area is 123 Å². The van der Waals surface area contributed by atoms with Crippen LogP contribution >= 0.6 is 0 Å². The predicted molar refractivity (Wildman–Crippen MR) is 78.5 cm³/mol. The summed E-state index contributed by atoms with van der Waals surface area (Å²) < 4.78 is 0. The van der Waals surface area contributed by atoms with E-state index in [0.717, 1.165) is 17.9 Å². The average molecular weight is 286 g/mol. The summed E-state index contributed by atoms with van der Waals surface area (Å²) >= 11 is 0. The largest absolute Gasteiger partial charge is 0.480 e. The lowest BCUT2D eigenvalue weighted by atomic mass is 10.0. The summed E-state index contributed by atoms with van der Waals surface area (Å²) in [7, 11) is 0. The van der Waals surface area contributed by atoms with Crippen LogP contribution in [-0.2, 0) is 9.59 Å². The topological polar surface area (TPSA) is 60.9 Å². The SMILES string of the molecule is O=C(O)C1(C(=O)N2CCN(C3CC3)c3ccccc32)CC1. The van der Waals surface area contributed by atoms with Gasteiger partial charge in [-0.05, 0) is 37.8 Å². The number of carbonyl (C=O) groups excluding carboxylic acids is 1. The van der Waals surface area contributed by atoms with E-state index in [1.807, 2.05) is 24.3 Å². The van der Waals surface area contributed by atoms with E-state index in [2.05, 4.69) is 4.90 Å². The third kappa shape index (κ3) is 1.83. The van der Waals surface area contributed by atoms with Crippen LogP contribution in [0.1, 0.15) is 25.7 Å². The lowest BCUT2D eigenvalue weighted by Gasteiger charge is -2.38. The molecule has 21 heavy (non-hydrogen) atoms. The molecule has 2 saturated carbocycles. The number of anilines is 2. The molecule has 0 atom stereocenters. The Morgan fingerprint density at radius 2 is 1.76 bits per heavy atom. The molecule has 5 heteroatoms. The second kappa shape index (κ2) is 4.23. The highest BCUT2D eigenvalue weighted by Crippen LogP contribution is 2.50. The first-order valence-corrected chi connectivity index (χ1v) is 7.54. The fourth-order valence-corrected chi connectivity index (χ4v) is 3.26. The van der Waals surface area contributed by atoms with Crippen molar-refractivity contribution >= 4 is 23.3 Å². The van der Waals surface area contributed by atoms with Gasteiger partial charge in [0.15, 0.2) is 0 Å². The number of aliphatic carboxylic acids is 1. The van der Waals surface area contributed by atoms with Crippen molar-refractivity contribution in [3.8, 4) is 0 Å². The van der Waals surface area contributed by atoms with Crippen molar-refractivity contribution < 1.29 is 14.7 Å². The Bertz CT molecular complexity index is 620. The minimum Gasteiger partial charge on any atom is -0.480 e. The molecule has 0 spiro atoms. The quantitative estimate of drug-likeness (QED) is 0.862. The molecule has 5 nitrogen and oxygen atoms in total. The first-order chi connectivity index (χ1) is 10.1. The lowest BCUT2D eigenvalue weighted by Crippen LogP contribution is -2.49. The molecule has 0 unspecified atom stereocenters. The number of carboxylic acids is 1. The molecule has 0 radical (unpaired) electrons. The minimum absolute atomic E-state index is 0.238. The van der Waals surface area contributed by atoms with E-state index in [1.165, 1.54) is 12.8 Å². The summed E-state index contributed by atoms with van der Waals surface area (Å²) in [6.45, 7) is 1.38. The van der Waals surface area contributed by atoms with Crippen molar-refractivity contribution in [2.75, 3.05) is 22.9 Å². The monoisotopic (exact) mass is 286 g/mol. The van der Waals surface area contributed by atoms with Crippen LogP contribution in [0.4, 0.5) is 11.4 Å². The highest BCUT2D eigenvalue weighted by atomic mass is 16.4. The third-order valence-electron chi connectivity index (χ3n) is 4.85.